The fourth-order valence-electron chi connectivity index (χ4n) is 3.04. The van der Waals surface area contributed by atoms with Crippen LogP contribution in [0, 0.1) is 0 Å². The van der Waals surface area contributed by atoms with Crippen LogP contribution in [0.2, 0.25) is 0 Å². The number of rotatable bonds is 5. The highest BCUT2D eigenvalue weighted by Crippen LogP contribution is 2.25. The molecule has 4 aromatic rings. The average molecular weight is 375 g/mol. The first-order chi connectivity index (χ1) is 13.5. The predicted octanol–water partition coefficient (Wildman–Crippen LogP) is 4.16. The Morgan fingerprint density at radius 2 is 1.89 bits per heavy atom. The minimum atomic E-state index is -0.404. The standard InChI is InChI=1S/C21H21N5O2/c1-13(2)26-12-22-17-10-9-16(11-18(17)26)19-24-21(28-25-19)14(3)23-20(27)15-7-5-4-6-8-15/h4-14H,1-3H3,(H,23,27). The average Bonchev–Trinajstić information content (AvgIpc) is 3.35. The molecule has 4 rings (SSSR count). The van der Waals surface area contributed by atoms with Crippen LogP contribution in [0.15, 0.2) is 59.4 Å². The lowest BCUT2D eigenvalue weighted by Crippen LogP contribution is -2.26. The van der Waals surface area contributed by atoms with Gasteiger partial charge in [-0.15, -0.1) is 0 Å². The van der Waals surface area contributed by atoms with E-state index < -0.39 is 6.04 Å². The number of nitrogens with one attached hydrogen (secondary N) is 1. The van der Waals surface area contributed by atoms with E-state index in [-0.39, 0.29) is 5.91 Å². The van der Waals surface area contributed by atoms with Crippen molar-refractivity contribution >= 4 is 16.9 Å². The van der Waals surface area contributed by atoms with Gasteiger partial charge in [0.25, 0.3) is 5.91 Å². The van der Waals surface area contributed by atoms with E-state index in [0.717, 1.165) is 16.6 Å². The molecule has 0 bridgehead atoms. The lowest BCUT2D eigenvalue weighted by molar-refractivity contribution is 0.0932. The van der Waals surface area contributed by atoms with Crippen molar-refractivity contribution in [2.45, 2.75) is 32.9 Å². The summed E-state index contributed by atoms with van der Waals surface area (Å²) in [5.41, 5.74) is 3.36. The molecule has 1 unspecified atom stereocenters. The zero-order valence-electron chi connectivity index (χ0n) is 16.0. The number of carbonyl (C=O) groups is 1. The molecule has 28 heavy (non-hydrogen) atoms. The second-order valence-corrected chi connectivity index (χ2v) is 6.97. The minimum absolute atomic E-state index is 0.185. The molecule has 2 aromatic carbocycles. The molecule has 2 aromatic heterocycles. The fourth-order valence-corrected chi connectivity index (χ4v) is 3.04. The summed E-state index contributed by atoms with van der Waals surface area (Å²) in [7, 11) is 0. The van der Waals surface area contributed by atoms with Crippen molar-refractivity contribution < 1.29 is 9.32 Å². The van der Waals surface area contributed by atoms with E-state index in [0.29, 0.717) is 23.3 Å². The maximum atomic E-state index is 12.3. The molecule has 2 heterocycles. The zero-order valence-corrected chi connectivity index (χ0v) is 16.0. The Kier molecular flexibility index (Phi) is 4.65. The molecule has 7 nitrogen and oxygen atoms in total. The van der Waals surface area contributed by atoms with Crippen molar-refractivity contribution in [2.24, 2.45) is 0 Å². The van der Waals surface area contributed by atoms with Crippen LogP contribution in [-0.4, -0.2) is 25.6 Å². The molecule has 0 aliphatic heterocycles. The lowest BCUT2D eigenvalue weighted by Gasteiger charge is -2.09. The highest BCUT2D eigenvalue weighted by atomic mass is 16.5. The summed E-state index contributed by atoms with van der Waals surface area (Å²) < 4.78 is 7.49. The van der Waals surface area contributed by atoms with Gasteiger partial charge in [0.15, 0.2) is 0 Å². The molecule has 7 heteroatoms. The Hall–Kier alpha value is -3.48. The molecule has 0 aliphatic rings. The molecule has 1 amide bonds. The van der Waals surface area contributed by atoms with Crippen LogP contribution >= 0.6 is 0 Å². The third-order valence-electron chi connectivity index (χ3n) is 4.59. The van der Waals surface area contributed by atoms with Crippen molar-refractivity contribution in [3.8, 4) is 11.4 Å². The number of hydrogen-bond donors (Lipinski definition) is 1. The van der Waals surface area contributed by atoms with Crippen LogP contribution < -0.4 is 5.32 Å². The highest BCUT2D eigenvalue weighted by Gasteiger charge is 2.18. The summed E-state index contributed by atoms with van der Waals surface area (Å²) in [6.07, 6.45) is 1.84. The van der Waals surface area contributed by atoms with E-state index in [1.807, 2.05) is 49.6 Å². The third kappa shape index (κ3) is 3.38. The number of carbonyl (C=O) groups excluding carboxylic acids is 1. The molecule has 0 radical (unpaired) electrons. The molecule has 142 valence electrons. The van der Waals surface area contributed by atoms with Gasteiger partial charge in [0.1, 0.15) is 6.04 Å². The molecule has 0 spiro atoms. The number of hydrogen-bond acceptors (Lipinski definition) is 5. The summed E-state index contributed by atoms with van der Waals surface area (Å²) >= 11 is 0. The monoisotopic (exact) mass is 375 g/mol. The summed E-state index contributed by atoms with van der Waals surface area (Å²) in [6.45, 7) is 6.03. The maximum Gasteiger partial charge on any atom is 0.251 e. The molecular weight excluding hydrogens is 354 g/mol. The van der Waals surface area contributed by atoms with E-state index in [1.165, 1.54) is 0 Å². The van der Waals surface area contributed by atoms with Gasteiger partial charge in [-0.3, -0.25) is 4.79 Å². The van der Waals surface area contributed by atoms with Crippen LogP contribution in [0.5, 0.6) is 0 Å². The summed E-state index contributed by atoms with van der Waals surface area (Å²) in [4.78, 5) is 21.2. The van der Waals surface area contributed by atoms with Gasteiger partial charge in [-0.2, -0.15) is 4.98 Å². The second kappa shape index (κ2) is 7.26. The Bertz CT molecular complexity index is 1110. The van der Waals surface area contributed by atoms with E-state index >= 15 is 0 Å². The predicted molar refractivity (Wildman–Crippen MR) is 106 cm³/mol. The van der Waals surface area contributed by atoms with Crippen molar-refractivity contribution in [2.75, 3.05) is 0 Å². The van der Waals surface area contributed by atoms with Crippen LogP contribution in [0.25, 0.3) is 22.4 Å². The number of fused-ring (bicyclic) bond motifs is 1. The number of aromatic nitrogens is 4. The van der Waals surface area contributed by atoms with Gasteiger partial charge in [-0.1, -0.05) is 23.4 Å². The third-order valence-corrected chi connectivity index (χ3v) is 4.59. The summed E-state index contributed by atoms with van der Waals surface area (Å²) in [5, 5.41) is 6.96. The van der Waals surface area contributed by atoms with Gasteiger partial charge < -0.3 is 14.4 Å². The van der Waals surface area contributed by atoms with Gasteiger partial charge in [0, 0.05) is 17.2 Å². The normalized spacial score (nSPS) is 12.4. The zero-order chi connectivity index (χ0) is 19.7. The summed E-state index contributed by atoms with van der Waals surface area (Å²) in [5.74, 6) is 0.654. The molecular formula is C21H21N5O2. The number of benzene rings is 2. The Morgan fingerprint density at radius 3 is 2.64 bits per heavy atom. The molecule has 0 saturated carbocycles. The first-order valence-corrected chi connectivity index (χ1v) is 9.19. The molecule has 0 aliphatic carbocycles. The van der Waals surface area contributed by atoms with Gasteiger partial charge in [0.05, 0.1) is 17.4 Å². The number of nitrogens with zero attached hydrogens (tertiary/aromatic N) is 4. The van der Waals surface area contributed by atoms with Crippen molar-refractivity contribution in [1.29, 1.82) is 0 Å². The molecule has 0 saturated heterocycles. The van der Waals surface area contributed by atoms with Gasteiger partial charge in [0.2, 0.25) is 11.7 Å². The first-order valence-electron chi connectivity index (χ1n) is 9.19. The van der Waals surface area contributed by atoms with E-state index in [9.17, 15) is 4.79 Å². The highest BCUT2D eigenvalue weighted by molar-refractivity contribution is 5.94. The largest absolute Gasteiger partial charge is 0.341 e. The van der Waals surface area contributed by atoms with Crippen molar-refractivity contribution in [3.05, 3.63) is 66.3 Å². The molecule has 1 atom stereocenters. The van der Waals surface area contributed by atoms with Crippen LogP contribution in [0.1, 0.15) is 49.1 Å². The van der Waals surface area contributed by atoms with Gasteiger partial charge in [-0.25, -0.2) is 4.98 Å². The second-order valence-electron chi connectivity index (χ2n) is 6.97. The SMILES string of the molecule is CC(NC(=O)c1ccccc1)c1nc(-c2ccc3ncn(C(C)C)c3c2)no1. The Labute approximate surface area is 162 Å². The molecule has 1 N–H and O–H groups in total. The topological polar surface area (TPSA) is 85.8 Å². The minimum Gasteiger partial charge on any atom is -0.341 e. The maximum absolute atomic E-state index is 12.3. The van der Waals surface area contributed by atoms with Crippen molar-refractivity contribution in [3.63, 3.8) is 0 Å². The first kappa shape index (κ1) is 17.9. The van der Waals surface area contributed by atoms with Crippen molar-refractivity contribution in [1.82, 2.24) is 25.0 Å². The van der Waals surface area contributed by atoms with Crippen LogP contribution in [0.3, 0.4) is 0 Å². The number of imidazole rings is 1. The number of amides is 1. The smallest absolute Gasteiger partial charge is 0.251 e. The lowest BCUT2D eigenvalue weighted by atomic mass is 10.2. The van der Waals surface area contributed by atoms with E-state index in [4.69, 9.17) is 4.52 Å². The fraction of sp³-hybridized carbons (Fsp3) is 0.238. The van der Waals surface area contributed by atoms with Gasteiger partial charge >= 0.3 is 0 Å². The quantitative estimate of drug-likeness (QED) is 0.566. The summed E-state index contributed by atoms with van der Waals surface area (Å²) in [6, 6.07) is 14.8. The Balaban J connectivity index is 1.56. The van der Waals surface area contributed by atoms with Crippen LogP contribution in [0.4, 0.5) is 0 Å². The van der Waals surface area contributed by atoms with Gasteiger partial charge in [-0.05, 0) is 51.1 Å². The van der Waals surface area contributed by atoms with Crippen LogP contribution in [-0.2, 0) is 0 Å². The molecule has 0 fully saturated rings. The van der Waals surface area contributed by atoms with E-state index in [1.54, 1.807) is 12.1 Å². The van der Waals surface area contributed by atoms with E-state index in [2.05, 4.69) is 38.9 Å². The Morgan fingerprint density at radius 1 is 1.11 bits per heavy atom.